The normalized spacial score (nSPS) is 10.6. The van der Waals surface area contributed by atoms with E-state index in [4.69, 9.17) is 15.0 Å². The monoisotopic (exact) mass is 297 g/mol. The van der Waals surface area contributed by atoms with E-state index in [1.807, 2.05) is 19.1 Å². The van der Waals surface area contributed by atoms with E-state index in [-0.39, 0.29) is 6.54 Å². The van der Waals surface area contributed by atoms with E-state index in [2.05, 4.69) is 26.1 Å². The lowest BCUT2D eigenvalue weighted by Crippen LogP contribution is -1.96. The lowest BCUT2D eigenvalue weighted by atomic mass is 10.1. The molecular formula is C11H12BrN3O2. The third kappa shape index (κ3) is 2.32. The number of aromatic nitrogens is 2. The molecule has 1 aromatic carbocycles. The molecule has 0 bridgehead atoms. The minimum Gasteiger partial charge on any atom is -0.496 e. The summed E-state index contributed by atoms with van der Waals surface area (Å²) < 4.78 is 11.3. The van der Waals surface area contributed by atoms with Crippen molar-refractivity contribution in [2.45, 2.75) is 13.5 Å². The lowest BCUT2D eigenvalue weighted by molar-refractivity contribution is 0.379. The molecule has 0 fully saturated rings. The highest BCUT2D eigenvalue weighted by molar-refractivity contribution is 9.10. The number of hydrogen-bond donors (Lipinski definition) is 1. The second-order valence-corrected chi connectivity index (χ2v) is 4.44. The van der Waals surface area contributed by atoms with Gasteiger partial charge in [-0.05, 0) is 24.6 Å². The fourth-order valence-corrected chi connectivity index (χ4v) is 2.19. The van der Waals surface area contributed by atoms with Crippen LogP contribution in [0, 0.1) is 6.92 Å². The van der Waals surface area contributed by atoms with E-state index >= 15 is 0 Å². The van der Waals surface area contributed by atoms with Crippen LogP contribution in [-0.2, 0) is 6.54 Å². The summed E-state index contributed by atoms with van der Waals surface area (Å²) >= 11 is 3.43. The summed E-state index contributed by atoms with van der Waals surface area (Å²) in [7, 11) is 1.61. The minimum absolute atomic E-state index is 0.225. The van der Waals surface area contributed by atoms with Crippen molar-refractivity contribution in [1.29, 1.82) is 0 Å². The fourth-order valence-electron chi connectivity index (χ4n) is 1.61. The molecule has 0 saturated heterocycles. The van der Waals surface area contributed by atoms with Crippen LogP contribution in [0.15, 0.2) is 21.1 Å². The molecule has 0 unspecified atom stereocenters. The molecule has 0 aliphatic carbocycles. The van der Waals surface area contributed by atoms with Crippen molar-refractivity contribution in [1.82, 2.24) is 10.1 Å². The van der Waals surface area contributed by atoms with Crippen LogP contribution in [0.25, 0.3) is 11.4 Å². The Morgan fingerprint density at radius 2 is 2.24 bits per heavy atom. The predicted octanol–water partition coefficient (Wildman–Crippen LogP) is 2.27. The molecule has 0 amide bonds. The molecule has 0 radical (unpaired) electrons. The van der Waals surface area contributed by atoms with E-state index < -0.39 is 0 Å². The molecular weight excluding hydrogens is 286 g/mol. The van der Waals surface area contributed by atoms with Crippen molar-refractivity contribution in [3.63, 3.8) is 0 Å². The SMILES string of the molecule is COc1c(C)cc(Br)cc1-c1noc(CN)n1. The second-order valence-electron chi connectivity index (χ2n) is 3.52. The Hall–Kier alpha value is -1.40. The third-order valence-electron chi connectivity index (χ3n) is 2.33. The molecule has 0 saturated carbocycles. The third-order valence-corrected chi connectivity index (χ3v) is 2.78. The summed E-state index contributed by atoms with van der Waals surface area (Å²) in [6, 6.07) is 3.85. The van der Waals surface area contributed by atoms with Gasteiger partial charge in [-0.1, -0.05) is 21.1 Å². The van der Waals surface area contributed by atoms with Crippen molar-refractivity contribution >= 4 is 15.9 Å². The Balaban J connectivity index is 2.57. The van der Waals surface area contributed by atoms with Crippen molar-refractivity contribution in [2.24, 2.45) is 5.73 Å². The summed E-state index contributed by atoms with van der Waals surface area (Å²) in [5.41, 5.74) is 7.21. The second kappa shape index (κ2) is 4.85. The van der Waals surface area contributed by atoms with E-state index in [1.54, 1.807) is 7.11 Å². The zero-order valence-electron chi connectivity index (χ0n) is 9.53. The molecule has 1 aromatic heterocycles. The van der Waals surface area contributed by atoms with Crippen LogP contribution < -0.4 is 10.5 Å². The van der Waals surface area contributed by atoms with E-state index in [1.165, 1.54) is 0 Å². The lowest BCUT2D eigenvalue weighted by Gasteiger charge is -2.09. The quantitative estimate of drug-likeness (QED) is 0.941. The van der Waals surface area contributed by atoms with E-state index in [0.29, 0.717) is 11.7 Å². The number of hydrogen-bond acceptors (Lipinski definition) is 5. The average Bonchev–Trinajstić information content (AvgIpc) is 2.76. The zero-order valence-corrected chi connectivity index (χ0v) is 11.1. The highest BCUT2D eigenvalue weighted by Gasteiger charge is 2.15. The molecule has 0 aliphatic rings. The van der Waals surface area contributed by atoms with Gasteiger partial charge in [0.05, 0.1) is 19.2 Å². The molecule has 2 aromatic rings. The number of benzene rings is 1. The van der Waals surface area contributed by atoms with Crippen LogP contribution in [-0.4, -0.2) is 17.3 Å². The predicted molar refractivity (Wildman–Crippen MR) is 66.6 cm³/mol. The van der Waals surface area contributed by atoms with Gasteiger partial charge in [0.25, 0.3) is 0 Å². The van der Waals surface area contributed by atoms with E-state index in [9.17, 15) is 0 Å². The Labute approximate surface area is 107 Å². The van der Waals surface area contributed by atoms with Crippen LogP contribution in [0.4, 0.5) is 0 Å². The van der Waals surface area contributed by atoms with Gasteiger partial charge in [0.1, 0.15) is 5.75 Å². The smallest absolute Gasteiger partial charge is 0.240 e. The highest BCUT2D eigenvalue weighted by Crippen LogP contribution is 2.34. The molecule has 0 aliphatic heterocycles. The first-order valence-electron chi connectivity index (χ1n) is 5.03. The van der Waals surface area contributed by atoms with Crippen LogP contribution in [0.3, 0.4) is 0 Å². The number of nitrogens with zero attached hydrogens (tertiary/aromatic N) is 2. The summed E-state index contributed by atoms with van der Waals surface area (Å²) in [6.07, 6.45) is 0. The first kappa shape index (κ1) is 12.1. The summed E-state index contributed by atoms with van der Waals surface area (Å²) in [4.78, 5) is 4.19. The number of ether oxygens (including phenoxy) is 1. The number of halogens is 1. The topological polar surface area (TPSA) is 74.2 Å². The van der Waals surface area contributed by atoms with Gasteiger partial charge in [-0.15, -0.1) is 0 Å². The highest BCUT2D eigenvalue weighted by atomic mass is 79.9. The number of nitrogens with two attached hydrogens (primary N) is 1. The van der Waals surface area contributed by atoms with Gasteiger partial charge in [-0.2, -0.15) is 4.98 Å². The van der Waals surface area contributed by atoms with Gasteiger partial charge in [-0.3, -0.25) is 0 Å². The van der Waals surface area contributed by atoms with Crippen LogP contribution >= 0.6 is 15.9 Å². The summed E-state index contributed by atoms with van der Waals surface area (Å²) in [6.45, 7) is 2.18. The van der Waals surface area contributed by atoms with Crippen LogP contribution in [0.2, 0.25) is 0 Å². The van der Waals surface area contributed by atoms with Crippen molar-refractivity contribution in [3.05, 3.63) is 28.1 Å². The van der Waals surface area contributed by atoms with E-state index in [0.717, 1.165) is 21.3 Å². The number of methoxy groups -OCH3 is 1. The van der Waals surface area contributed by atoms with Crippen molar-refractivity contribution < 1.29 is 9.26 Å². The van der Waals surface area contributed by atoms with Gasteiger partial charge >= 0.3 is 0 Å². The van der Waals surface area contributed by atoms with Gasteiger partial charge in [-0.25, -0.2) is 0 Å². The molecule has 0 atom stereocenters. The first-order chi connectivity index (χ1) is 8.15. The maximum absolute atomic E-state index is 5.43. The largest absolute Gasteiger partial charge is 0.496 e. The summed E-state index contributed by atoms with van der Waals surface area (Å²) in [5.74, 6) is 1.61. The number of aryl methyl sites for hydroxylation is 1. The molecule has 6 heteroatoms. The van der Waals surface area contributed by atoms with Crippen LogP contribution in [0.1, 0.15) is 11.5 Å². The molecule has 17 heavy (non-hydrogen) atoms. The minimum atomic E-state index is 0.225. The Kier molecular flexibility index (Phi) is 3.44. The standard InChI is InChI=1S/C11H12BrN3O2/c1-6-3-7(12)4-8(10(6)16-2)11-14-9(5-13)17-15-11/h3-4H,5,13H2,1-2H3. The van der Waals surface area contributed by atoms with Crippen molar-refractivity contribution in [3.8, 4) is 17.1 Å². The maximum atomic E-state index is 5.43. The molecule has 1 heterocycles. The Bertz CT molecular complexity index is 540. The summed E-state index contributed by atoms with van der Waals surface area (Å²) in [5, 5.41) is 3.88. The Morgan fingerprint density at radius 3 is 2.82 bits per heavy atom. The Morgan fingerprint density at radius 1 is 1.47 bits per heavy atom. The fraction of sp³-hybridized carbons (Fsp3) is 0.273. The molecule has 0 spiro atoms. The molecule has 5 nitrogen and oxygen atoms in total. The van der Waals surface area contributed by atoms with Gasteiger partial charge in [0.15, 0.2) is 0 Å². The number of rotatable bonds is 3. The van der Waals surface area contributed by atoms with Gasteiger partial charge in [0.2, 0.25) is 11.7 Å². The molecule has 2 rings (SSSR count). The zero-order chi connectivity index (χ0) is 12.4. The molecule has 90 valence electrons. The first-order valence-corrected chi connectivity index (χ1v) is 5.82. The maximum Gasteiger partial charge on any atom is 0.240 e. The van der Waals surface area contributed by atoms with Crippen LogP contribution in [0.5, 0.6) is 5.75 Å². The van der Waals surface area contributed by atoms with Crippen molar-refractivity contribution in [2.75, 3.05) is 7.11 Å². The van der Waals surface area contributed by atoms with Gasteiger partial charge < -0.3 is 15.0 Å². The van der Waals surface area contributed by atoms with Gasteiger partial charge in [0, 0.05) is 4.47 Å². The average molecular weight is 298 g/mol. The molecule has 2 N–H and O–H groups in total.